The Hall–Kier alpha value is -3.60. The standard InChI is InChI=1S/C19H18N6O2/c20-11-14-9-16-12-24(7-4-8-25(16)23-14)19(26)18-10-15(21-22-18)13-27-17-5-2-1-3-6-17/h1-3,5-6,9-10H,4,7-8,12-13H2,(H,21,22). The van der Waals surface area contributed by atoms with Crippen LogP contribution in [-0.4, -0.2) is 37.3 Å². The topological polar surface area (TPSA) is 99.8 Å². The van der Waals surface area contributed by atoms with Crippen molar-refractivity contribution in [3.63, 3.8) is 0 Å². The minimum Gasteiger partial charge on any atom is -0.487 e. The van der Waals surface area contributed by atoms with Gasteiger partial charge in [0, 0.05) is 13.1 Å². The van der Waals surface area contributed by atoms with Crippen LogP contribution in [0.15, 0.2) is 42.5 Å². The van der Waals surface area contributed by atoms with E-state index < -0.39 is 0 Å². The molecule has 27 heavy (non-hydrogen) atoms. The van der Waals surface area contributed by atoms with Crippen LogP contribution in [0, 0.1) is 11.3 Å². The van der Waals surface area contributed by atoms with Crippen LogP contribution >= 0.6 is 0 Å². The number of carbonyl (C=O) groups excluding carboxylic acids is 1. The molecule has 0 bridgehead atoms. The highest BCUT2D eigenvalue weighted by Gasteiger charge is 2.23. The summed E-state index contributed by atoms with van der Waals surface area (Å²) in [5.41, 5.74) is 2.32. The van der Waals surface area contributed by atoms with E-state index in [0.29, 0.717) is 37.6 Å². The van der Waals surface area contributed by atoms with Gasteiger partial charge in [-0.05, 0) is 30.7 Å². The minimum absolute atomic E-state index is 0.148. The molecule has 0 unspecified atom stereocenters. The Morgan fingerprint density at radius 1 is 1.26 bits per heavy atom. The van der Waals surface area contributed by atoms with Crippen molar-refractivity contribution in [3.8, 4) is 11.8 Å². The van der Waals surface area contributed by atoms with Crippen molar-refractivity contribution in [2.75, 3.05) is 6.54 Å². The third-order valence-corrected chi connectivity index (χ3v) is 4.40. The third-order valence-electron chi connectivity index (χ3n) is 4.40. The fourth-order valence-corrected chi connectivity index (χ4v) is 3.08. The first-order chi connectivity index (χ1) is 13.2. The van der Waals surface area contributed by atoms with Crippen molar-refractivity contribution in [3.05, 3.63) is 65.2 Å². The van der Waals surface area contributed by atoms with Gasteiger partial charge in [-0.1, -0.05) is 18.2 Å². The number of nitrogens with zero attached hydrogens (tertiary/aromatic N) is 5. The SMILES string of the molecule is N#Cc1cc2n(n1)CCCN(C(=O)c1cc(COc3ccccc3)[nH]n1)C2. The lowest BCUT2D eigenvalue weighted by Crippen LogP contribution is -2.31. The van der Waals surface area contributed by atoms with E-state index in [4.69, 9.17) is 10.00 Å². The van der Waals surface area contributed by atoms with Gasteiger partial charge in [-0.25, -0.2) is 0 Å². The van der Waals surface area contributed by atoms with Crippen molar-refractivity contribution in [1.29, 1.82) is 5.26 Å². The average Bonchev–Trinajstić information content (AvgIpc) is 3.28. The number of aromatic nitrogens is 4. The number of H-pyrrole nitrogens is 1. The summed E-state index contributed by atoms with van der Waals surface area (Å²) >= 11 is 0. The summed E-state index contributed by atoms with van der Waals surface area (Å²) in [4.78, 5) is 14.6. The highest BCUT2D eigenvalue weighted by atomic mass is 16.5. The highest BCUT2D eigenvalue weighted by Crippen LogP contribution is 2.17. The van der Waals surface area contributed by atoms with Gasteiger partial charge in [0.2, 0.25) is 0 Å². The van der Waals surface area contributed by atoms with Crippen LogP contribution < -0.4 is 4.74 Å². The Morgan fingerprint density at radius 3 is 2.93 bits per heavy atom. The highest BCUT2D eigenvalue weighted by molar-refractivity contribution is 5.92. The van der Waals surface area contributed by atoms with E-state index in [0.717, 1.165) is 23.6 Å². The Labute approximate surface area is 156 Å². The lowest BCUT2D eigenvalue weighted by Gasteiger charge is -2.18. The number of aryl methyl sites for hydroxylation is 1. The number of nitrogens with one attached hydrogen (secondary N) is 1. The number of benzene rings is 1. The second-order valence-corrected chi connectivity index (χ2v) is 6.32. The van der Waals surface area contributed by atoms with Crippen molar-refractivity contribution < 1.29 is 9.53 Å². The average molecular weight is 362 g/mol. The van der Waals surface area contributed by atoms with Gasteiger partial charge in [0.05, 0.1) is 17.9 Å². The van der Waals surface area contributed by atoms with Gasteiger partial charge in [0.1, 0.15) is 18.4 Å². The summed E-state index contributed by atoms with van der Waals surface area (Å²) in [5, 5.41) is 20.2. The third kappa shape index (κ3) is 3.67. The smallest absolute Gasteiger partial charge is 0.274 e. The zero-order chi connectivity index (χ0) is 18.6. The van der Waals surface area contributed by atoms with Crippen LogP contribution in [0.1, 0.15) is 34.0 Å². The van der Waals surface area contributed by atoms with E-state index in [1.807, 2.05) is 36.4 Å². The molecule has 1 aromatic carbocycles. The molecule has 0 radical (unpaired) electrons. The van der Waals surface area contributed by atoms with E-state index in [-0.39, 0.29) is 5.91 Å². The molecule has 0 spiro atoms. The molecule has 3 aromatic rings. The molecule has 136 valence electrons. The molecule has 0 fully saturated rings. The van der Waals surface area contributed by atoms with Gasteiger partial charge in [0.25, 0.3) is 5.91 Å². The van der Waals surface area contributed by atoms with Gasteiger partial charge in [-0.2, -0.15) is 15.5 Å². The quantitative estimate of drug-likeness (QED) is 0.766. The molecule has 1 amide bonds. The molecule has 0 saturated heterocycles. The molecule has 3 heterocycles. The number of rotatable bonds is 4. The van der Waals surface area contributed by atoms with Gasteiger partial charge in [-0.3, -0.25) is 14.6 Å². The summed E-state index contributed by atoms with van der Waals surface area (Å²) in [6.45, 7) is 2.03. The van der Waals surface area contributed by atoms with Gasteiger partial charge in [0.15, 0.2) is 11.4 Å². The number of aromatic amines is 1. The number of hydrogen-bond donors (Lipinski definition) is 1. The molecule has 0 saturated carbocycles. The molecule has 8 heteroatoms. The van der Waals surface area contributed by atoms with E-state index >= 15 is 0 Å². The number of hydrogen-bond acceptors (Lipinski definition) is 5. The summed E-state index contributed by atoms with van der Waals surface area (Å²) in [6, 6.07) is 15.0. The van der Waals surface area contributed by atoms with Crippen LogP contribution in [0.5, 0.6) is 5.75 Å². The molecule has 1 N–H and O–H groups in total. The predicted octanol–water partition coefficient (Wildman–Crippen LogP) is 2.10. The van der Waals surface area contributed by atoms with Gasteiger partial charge < -0.3 is 9.64 Å². The molecular weight excluding hydrogens is 344 g/mol. The fraction of sp³-hybridized carbons (Fsp3) is 0.263. The first-order valence-corrected chi connectivity index (χ1v) is 8.71. The van der Waals surface area contributed by atoms with Crippen LogP contribution in [0.25, 0.3) is 0 Å². The van der Waals surface area contributed by atoms with Crippen molar-refractivity contribution in [2.24, 2.45) is 0 Å². The molecule has 1 aliphatic heterocycles. The largest absolute Gasteiger partial charge is 0.487 e. The fourth-order valence-electron chi connectivity index (χ4n) is 3.08. The summed E-state index contributed by atoms with van der Waals surface area (Å²) in [6.07, 6.45) is 0.777. The maximum absolute atomic E-state index is 12.8. The zero-order valence-corrected chi connectivity index (χ0v) is 14.6. The second-order valence-electron chi connectivity index (χ2n) is 6.32. The van der Waals surface area contributed by atoms with Gasteiger partial charge in [-0.15, -0.1) is 0 Å². The number of fused-ring (bicyclic) bond motifs is 1. The summed E-state index contributed by atoms with van der Waals surface area (Å²) in [7, 11) is 0. The zero-order valence-electron chi connectivity index (χ0n) is 14.6. The Bertz CT molecular complexity index is 985. The van der Waals surface area contributed by atoms with Crippen LogP contribution in [0.2, 0.25) is 0 Å². The van der Waals surface area contributed by atoms with Crippen molar-refractivity contribution in [1.82, 2.24) is 24.9 Å². The summed E-state index contributed by atoms with van der Waals surface area (Å²) in [5.74, 6) is 0.611. The Kier molecular flexibility index (Phi) is 4.58. The summed E-state index contributed by atoms with van der Waals surface area (Å²) < 4.78 is 7.47. The van der Waals surface area contributed by atoms with E-state index in [1.165, 1.54) is 0 Å². The lowest BCUT2D eigenvalue weighted by molar-refractivity contribution is 0.0740. The Morgan fingerprint density at radius 2 is 2.11 bits per heavy atom. The molecule has 8 nitrogen and oxygen atoms in total. The van der Waals surface area contributed by atoms with E-state index in [2.05, 4.69) is 15.3 Å². The molecule has 0 aliphatic carbocycles. The van der Waals surface area contributed by atoms with Crippen LogP contribution in [0.3, 0.4) is 0 Å². The maximum Gasteiger partial charge on any atom is 0.274 e. The second kappa shape index (κ2) is 7.33. The molecule has 2 aromatic heterocycles. The van der Waals surface area contributed by atoms with E-state index in [9.17, 15) is 4.79 Å². The Balaban J connectivity index is 1.43. The van der Waals surface area contributed by atoms with Gasteiger partial charge >= 0.3 is 0 Å². The molecular formula is C19H18N6O2. The lowest BCUT2D eigenvalue weighted by atomic mass is 10.3. The monoisotopic (exact) mass is 362 g/mol. The van der Waals surface area contributed by atoms with Crippen molar-refractivity contribution in [2.45, 2.75) is 26.1 Å². The van der Waals surface area contributed by atoms with Crippen LogP contribution in [0.4, 0.5) is 0 Å². The van der Waals surface area contributed by atoms with Crippen LogP contribution in [-0.2, 0) is 19.7 Å². The number of ether oxygens (including phenoxy) is 1. The molecule has 1 aliphatic rings. The first kappa shape index (κ1) is 16.8. The predicted molar refractivity (Wildman–Crippen MR) is 95.7 cm³/mol. The molecule has 4 rings (SSSR count). The maximum atomic E-state index is 12.8. The molecule has 0 atom stereocenters. The normalized spacial score (nSPS) is 13.5. The first-order valence-electron chi connectivity index (χ1n) is 8.71. The van der Waals surface area contributed by atoms with Crippen molar-refractivity contribution >= 4 is 5.91 Å². The van der Waals surface area contributed by atoms with E-state index in [1.54, 1.807) is 21.7 Å². The number of nitriles is 1. The number of para-hydroxylation sites is 1. The number of carbonyl (C=O) groups is 1. The minimum atomic E-state index is -0.148. The number of amides is 1.